The molecule has 0 unspecified atom stereocenters. The lowest BCUT2D eigenvalue weighted by Crippen LogP contribution is -2.38. The third kappa shape index (κ3) is 6.82. The average Bonchev–Trinajstić information content (AvgIpc) is 2.69. The van der Waals surface area contributed by atoms with E-state index in [2.05, 4.69) is 35.5 Å². The van der Waals surface area contributed by atoms with E-state index in [0.29, 0.717) is 12.6 Å². The summed E-state index contributed by atoms with van der Waals surface area (Å²) >= 11 is 6.03. The average molecular weight is 389 g/mol. The first kappa shape index (κ1) is 20.2. The predicted octanol–water partition coefficient (Wildman–Crippen LogP) is 4.12. The van der Waals surface area contributed by atoms with Gasteiger partial charge in [-0.3, -0.25) is 4.90 Å². The van der Waals surface area contributed by atoms with Gasteiger partial charge in [0, 0.05) is 43.9 Å². The molecule has 0 bridgehead atoms. The van der Waals surface area contributed by atoms with Crippen LogP contribution in [-0.4, -0.2) is 44.4 Å². The Hall–Kier alpha value is -1.59. The summed E-state index contributed by atoms with van der Waals surface area (Å²) in [6.07, 6.45) is 2.23. The molecular weight excluding hydrogens is 360 g/mol. The van der Waals surface area contributed by atoms with Gasteiger partial charge in [0.1, 0.15) is 12.4 Å². The molecule has 2 aromatic rings. The first-order chi connectivity index (χ1) is 13.2. The van der Waals surface area contributed by atoms with Crippen LogP contribution in [0.2, 0.25) is 5.02 Å². The zero-order valence-electron chi connectivity index (χ0n) is 16.0. The third-order valence-electron chi connectivity index (χ3n) is 4.97. The molecule has 1 heterocycles. The molecule has 0 saturated carbocycles. The Balaban J connectivity index is 1.40. The molecule has 0 aliphatic carbocycles. The maximum Gasteiger partial charge on any atom is 0.119 e. The Morgan fingerprint density at radius 3 is 2.52 bits per heavy atom. The van der Waals surface area contributed by atoms with Crippen molar-refractivity contribution in [3.05, 3.63) is 64.7 Å². The fourth-order valence-electron chi connectivity index (χ4n) is 3.36. The zero-order valence-corrected chi connectivity index (χ0v) is 16.8. The van der Waals surface area contributed by atoms with E-state index in [0.717, 1.165) is 56.5 Å². The quantitative estimate of drug-likeness (QED) is 0.700. The molecule has 1 saturated heterocycles. The van der Waals surface area contributed by atoms with Crippen LogP contribution in [-0.2, 0) is 17.8 Å². The third-order valence-corrected chi connectivity index (χ3v) is 5.21. The second-order valence-corrected chi connectivity index (χ2v) is 7.49. The van der Waals surface area contributed by atoms with Gasteiger partial charge in [0.15, 0.2) is 0 Å². The summed E-state index contributed by atoms with van der Waals surface area (Å²) in [6, 6.07) is 16.9. The number of nitrogens with zero attached hydrogens (tertiary/aromatic N) is 1. The van der Waals surface area contributed by atoms with Gasteiger partial charge in [-0.2, -0.15) is 0 Å². The lowest BCUT2D eigenvalue weighted by Gasteiger charge is -2.31. The minimum Gasteiger partial charge on any atom is -0.492 e. The Bertz CT molecular complexity index is 704. The van der Waals surface area contributed by atoms with E-state index in [9.17, 15) is 0 Å². The van der Waals surface area contributed by atoms with Crippen molar-refractivity contribution in [1.82, 2.24) is 10.2 Å². The minimum atomic E-state index is 0.615. The van der Waals surface area contributed by atoms with Crippen molar-refractivity contribution in [3.63, 3.8) is 0 Å². The van der Waals surface area contributed by atoms with Crippen molar-refractivity contribution >= 4 is 11.6 Å². The Kier molecular flexibility index (Phi) is 7.96. The van der Waals surface area contributed by atoms with E-state index < -0.39 is 0 Å². The molecule has 0 radical (unpaired) electrons. The van der Waals surface area contributed by atoms with Crippen molar-refractivity contribution in [2.75, 3.05) is 33.4 Å². The molecule has 27 heavy (non-hydrogen) atoms. The van der Waals surface area contributed by atoms with E-state index in [1.54, 1.807) is 0 Å². The summed E-state index contributed by atoms with van der Waals surface area (Å²) in [7, 11) is 2.18. The van der Waals surface area contributed by atoms with Gasteiger partial charge in [0.25, 0.3) is 0 Å². The fraction of sp³-hybridized carbons (Fsp3) is 0.455. The van der Waals surface area contributed by atoms with Gasteiger partial charge in [-0.1, -0.05) is 35.9 Å². The Labute approximate surface area is 167 Å². The summed E-state index contributed by atoms with van der Waals surface area (Å²) < 4.78 is 11.4. The van der Waals surface area contributed by atoms with Crippen molar-refractivity contribution in [2.24, 2.45) is 0 Å². The second-order valence-electron chi connectivity index (χ2n) is 7.05. The highest BCUT2D eigenvalue weighted by molar-refractivity contribution is 6.30. The zero-order chi connectivity index (χ0) is 18.9. The highest BCUT2D eigenvalue weighted by Gasteiger charge is 2.17. The molecule has 2 aromatic carbocycles. The highest BCUT2D eigenvalue weighted by Crippen LogP contribution is 2.16. The number of hydrogen-bond acceptors (Lipinski definition) is 4. The number of ether oxygens (including phenoxy) is 2. The maximum atomic E-state index is 6.03. The molecule has 5 heteroatoms. The number of benzene rings is 2. The monoisotopic (exact) mass is 388 g/mol. The predicted molar refractivity (Wildman–Crippen MR) is 110 cm³/mol. The molecule has 4 nitrogen and oxygen atoms in total. The molecule has 0 atom stereocenters. The smallest absolute Gasteiger partial charge is 0.119 e. The van der Waals surface area contributed by atoms with Crippen LogP contribution in [0, 0.1) is 0 Å². The molecule has 1 aliphatic heterocycles. The van der Waals surface area contributed by atoms with Gasteiger partial charge in [-0.05, 0) is 55.3 Å². The number of likely N-dealkylation sites (N-methyl/N-ethyl adjacent to an activating group) is 1. The molecule has 0 aromatic heterocycles. The van der Waals surface area contributed by atoms with Crippen LogP contribution in [0.25, 0.3) is 0 Å². The van der Waals surface area contributed by atoms with E-state index in [-0.39, 0.29) is 0 Å². The van der Waals surface area contributed by atoms with E-state index in [1.165, 1.54) is 11.1 Å². The minimum absolute atomic E-state index is 0.615. The molecule has 0 amide bonds. The normalized spacial score (nSPS) is 15.2. The lowest BCUT2D eigenvalue weighted by molar-refractivity contribution is 0.0392. The number of hydrogen-bond donors (Lipinski definition) is 1. The van der Waals surface area contributed by atoms with Gasteiger partial charge >= 0.3 is 0 Å². The molecule has 0 spiro atoms. The summed E-state index contributed by atoms with van der Waals surface area (Å²) in [5, 5.41) is 4.23. The van der Waals surface area contributed by atoms with Gasteiger partial charge in [-0.25, -0.2) is 0 Å². The van der Waals surface area contributed by atoms with Gasteiger partial charge in [-0.15, -0.1) is 0 Å². The van der Waals surface area contributed by atoms with Crippen molar-refractivity contribution < 1.29 is 9.47 Å². The molecule has 146 valence electrons. The number of nitrogens with one attached hydrogen (secondary N) is 1. The van der Waals surface area contributed by atoms with Crippen LogP contribution in [0.15, 0.2) is 48.5 Å². The van der Waals surface area contributed by atoms with Crippen molar-refractivity contribution in [2.45, 2.75) is 32.0 Å². The van der Waals surface area contributed by atoms with E-state index in [1.807, 2.05) is 30.3 Å². The molecule has 1 fully saturated rings. The van der Waals surface area contributed by atoms with Crippen LogP contribution in [0.3, 0.4) is 0 Å². The molecule has 1 aliphatic rings. The highest BCUT2D eigenvalue weighted by atomic mass is 35.5. The van der Waals surface area contributed by atoms with E-state index >= 15 is 0 Å². The molecule has 3 rings (SSSR count). The maximum absolute atomic E-state index is 6.03. The fourth-order valence-corrected chi connectivity index (χ4v) is 3.57. The first-order valence-electron chi connectivity index (χ1n) is 9.65. The largest absolute Gasteiger partial charge is 0.492 e. The Morgan fingerprint density at radius 2 is 1.78 bits per heavy atom. The van der Waals surface area contributed by atoms with E-state index in [4.69, 9.17) is 21.1 Å². The van der Waals surface area contributed by atoms with Crippen molar-refractivity contribution in [1.29, 1.82) is 0 Å². The van der Waals surface area contributed by atoms with Crippen LogP contribution in [0.1, 0.15) is 24.0 Å². The van der Waals surface area contributed by atoms with Gasteiger partial charge < -0.3 is 14.8 Å². The lowest BCUT2D eigenvalue weighted by atomic mass is 10.1. The topological polar surface area (TPSA) is 33.7 Å². The van der Waals surface area contributed by atoms with Crippen LogP contribution >= 0.6 is 11.6 Å². The molecular formula is C22H29ClN2O2. The first-order valence-corrected chi connectivity index (χ1v) is 10.0. The summed E-state index contributed by atoms with van der Waals surface area (Å²) in [5.41, 5.74) is 2.40. The summed E-state index contributed by atoms with van der Waals surface area (Å²) in [4.78, 5) is 2.39. The van der Waals surface area contributed by atoms with Crippen LogP contribution in [0.4, 0.5) is 0 Å². The summed E-state index contributed by atoms with van der Waals surface area (Å²) in [6.45, 7) is 4.97. The SMILES string of the molecule is CN(CCOc1cccc(CNCc2cccc(Cl)c2)c1)C1CCOCC1. The Morgan fingerprint density at radius 1 is 1.07 bits per heavy atom. The second kappa shape index (κ2) is 10.7. The van der Waals surface area contributed by atoms with Crippen LogP contribution in [0.5, 0.6) is 5.75 Å². The van der Waals surface area contributed by atoms with Gasteiger partial charge in [0.2, 0.25) is 0 Å². The molecule has 1 N–H and O–H groups in total. The number of halogens is 1. The van der Waals surface area contributed by atoms with Crippen LogP contribution < -0.4 is 10.1 Å². The van der Waals surface area contributed by atoms with Crippen molar-refractivity contribution in [3.8, 4) is 5.75 Å². The number of rotatable bonds is 9. The summed E-state index contributed by atoms with van der Waals surface area (Å²) in [5.74, 6) is 0.928. The standard InChI is InChI=1S/C22H29ClN2O2/c1-25(21-8-11-26-12-9-21)10-13-27-22-7-3-5-19(15-22)17-24-16-18-4-2-6-20(23)14-18/h2-7,14-15,21,24H,8-13,16-17H2,1H3. The van der Waals surface area contributed by atoms with Gasteiger partial charge in [0.05, 0.1) is 0 Å².